The van der Waals surface area contributed by atoms with Gasteiger partial charge in [-0.05, 0) is 70.8 Å². The van der Waals surface area contributed by atoms with Crippen LogP contribution in [0.15, 0.2) is 23.1 Å². The zero-order chi connectivity index (χ0) is 24.2. The molecule has 8 heteroatoms. The molecule has 1 aromatic carbocycles. The number of aliphatic hydroxyl groups is 2. The summed E-state index contributed by atoms with van der Waals surface area (Å²) < 4.78 is 34.8. The fourth-order valence-corrected chi connectivity index (χ4v) is 6.40. The highest BCUT2D eigenvalue weighted by Gasteiger charge is 2.38. The van der Waals surface area contributed by atoms with Gasteiger partial charge in [0, 0.05) is 30.6 Å². The first kappa shape index (κ1) is 26.0. The summed E-state index contributed by atoms with van der Waals surface area (Å²) in [5, 5.41) is 20.3. The Morgan fingerprint density at radius 2 is 2.03 bits per heavy atom. The highest BCUT2D eigenvalue weighted by molar-refractivity contribution is 7.89. The summed E-state index contributed by atoms with van der Waals surface area (Å²) in [5.41, 5.74) is -0.357. The Bertz CT molecular complexity index is 978. The third-order valence-electron chi connectivity index (χ3n) is 6.63. The first-order chi connectivity index (χ1) is 15.6. The smallest absolute Gasteiger partial charge is 0.247 e. The largest absolute Gasteiger partial charge is 0.487 e. The maximum Gasteiger partial charge on any atom is 0.247 e. The van der Waals surface area contributed by atoms with Crippen LogP contribution in [0, 0.1) is 17.8 Å². The predicted octanol–water partition coefficient (Wildman–Crippen LogP) is 2.45. The van der Waals surface area contributed by atoms with Gasteiger partial charge < -0.3 is 19.8 Å². The van der Waals surface area contributed by atoms with Crippen molar-refractivity contribution in [1.82, 2.24) is 9.21 Å². The number of nitrogens with zero attached hydrogens (tertiary/aromatic N) is 2. The molecule has 1 saturated carbocycles. The Morgan fingerprint density at radius 1 is 1.33 bits per heavy atom. The number of ether oxygens (including phenoxy) is 1. The van der Waals surface area contributed by atoms with Gasteiger partial charge in [-0.2, -0.15) is 4.31 Å². The lowest BCUT2D eigenvalue weighted by molar-refractivity contribution is 0.0752. The average Bonchev–Trinajstić information content (AvgIpc) is 3.21. The van der Waals surface area contributed by atoms with E-state index in [2.05, 4.69) is 23.7 Å². The maximum atomic E-state index is 13.5. The number of rotatable bonds is 6. The van der Waals surface area contributed by atoms with Gasteiger partial charge in [-0.15, -0.1) is 0 Å². The van der Waals surface area contributed by atoms with E-state index in [0.29, 0.717) is 24.9 Å². The molecule has 0 radical (unpaired) electrons. The molecule has 3 atom stereocenters. The van der Waals surface area contributed by atoms with Crippen molar-refractivity contribution in [2.45, 2.75) is 75.5 Å². The first-order valence-electron chi connectivity index (χ1n) is 12.0. The lowest BCUT2D eigenvalue weighted by atomic mass is 10.0. The highest BCUT2D eigenvalue weighted by atomic mass is 32.2. The Balaban J connectivity index is 2.03. The van der Waals surface area contributed by atoms with Crippen LogP contribution in [0.1, 0.15) is 58.4 Å². The monoisotopic (exact) mass is 478 g/mol. The van der Waals surface area contributed by atoms with Crippen molar-refractivity contribution in [3.05, 3.63) is 23.8 Å². The number of hydrogen-bond acceptors (Lipinski definition) is 6. The van der Waals surface area contributed by atoms with Gasteiger partial charge in [-0.1, -0.05) is 25.7 Å². The van der Waals surface area contributed by atoms with E-state index in [0.717, 1.165) is 25.8 Å². The van der Waals surface area contributed by atoms with Gasteiger partial charge in [-0.25, -0.2) is 8.42 Å². The summed E-state index contributed by atoms with van der Waals surface area (Å²) in [6, 6.07) is 4.32. The fourth-order valence-electron chi connectivity index (χ4n) is 4.57. The zero-order valence-electron chi connectivity index (χ0n) is 20.2. The van der Waals surface area contributed by atoms with Crippen molar-refractivity contribution in [2.75, 3.05) is 33.3 Å². The molecule has 0 bridgehead atoms. The molecule has 1 fully saturated rings. The number of benzene rings is 1. The van der Waals surface area contributed by atoms with E-state index in [1.165, 1.54) is 10.4 Å². The quantitative estimate of drug-likeness (QED) is 0.611. The first-order valence-corrected chi connectivity index (χ1v) is 13.4. The zero-order valence-corrected chi connectivity index (χ0v) is 21.1. The Labute approximate surface area is 198 Å². The third kappa shape index (κ3) is 6.09. The summed E-state index contributed by atoms with van der Waals surface area (Å²) in [5.74, 6) is 6.20. The van der Waals surface area contributed by atoms with E-state index in [-0.39, 0.29) is 35.8 Å². The van der Waals surface area contributed by atoms with E-state index in [9.17, 15) is 18.6 Å². The minimum absolute atomic E-state index is 0.0861. The van der Waals surface area contributed by atoms with Crippen molar-refractivity contribution >= 4 is 10.0 Å². The van der Waals surface area contributed by atoms with Crippen molar-refractivity contribution in [3.63, 3.8) is 0 Å². The van der Waals surface area contributed by atoms with Crippen LogP contribution in [0.2, 0.25) is 0 Å². The molecule has 0 spiro atoms. The number of aliphatic hydroxyl groups excluding tert-OH is 1. The van der Waals surface area contributed by atoms with Crippen molar-refractivity contribution in [3.8, 4) is 17.6 Å². The summed E-state index contributed by atoms with van der Waals surface area (Å²) in [4.78, 5) is 2.28. The van der Waals surface area contributed by atoms with Crippen LogP contribution in [0.25, 0.3) is 0 Å². The Kier molecular flexibility index (Phi) is 8.46. The molecular formula is C25H38N2O5S. The molecule has 2 aliphatic rings. The second-order valence-corrected chi connectivity index (χ2v) is 11.5. The van der Waals surface area contributed by atoms with Crippen molar-refractivity contribution < 1.29 is 23.4 Å². The summed E-state index contributed by atoms with van der Waals surface area (Å²) in [7, 11) is -1.84. The van der Waals surface area contributed by atoms with Crippen LogP contribution in [0.5, 0.6) is 5.75 Å². The molecule has 184 valence electrons. The molecular weight excluding hydrogens is 440 g/mol. The number of sulfonamides is 1. The highest BCUT2D eigenvalue weighted by Crippen LogP contribution is 2.34. The number of fused-ring (bicyclic) bond motifs is 1. The molecule has 0 unspecified atom stereocenters. The van der Waals surface area contributed by atoms with Gasteiger partial charge in [0.2, 0.25) is 10.0 Å². The van der Waals surface area contributed by atoms with E-state index in [1.54, 1.807) is 19.1 Å². The van der Waals surface area contributed by atoms with E-state index in [1.807, 2.05) is 14.0 Å². The fraction of sp³-hybridized carbons (Fsp3) is 0.680. The van der Waals surface area contributed by atoms with Crippen LogP contribution < -0.4 is 4.74 Å². The minimum Gasteiger partial charge on any atom is -0.487 e. The number of hydrogen-bond donors (Lipinski definition) is 2. The molecule has 1 aliphatic carbocycles. The van der Waals surface area contributed by atoms with E-state index in [4.69, 9.17) is 4.74 Å². The van der Waals surface area contributed by atoms with Gasteiger partial charge in [0.05, 0.1) is 6.61 Å². The molecule has 0 saturated heterocycles. The van der Waals surface area contributed by atoms with Crippen LogP contribution in [-0.2, 0) is 10.0 Å². The van der Waals surface area contributed by atoms with Crippen molar-refractivity contribution in [2.24, 2.45) is 5.92 Å². The third-order valence-corrected chi connectivity index (χ3v) is 8.65. The maximum absolute atomic E-state index is 13.5. The molecule has 2 N–H and O–H groups in total. The lowest BCUT2D eigenvalue weighted by Crippen LogP contribution is -2.49. The van der Waals surface area contributed by atoms with Gasteiger partial charge in [0.25, 0.3) is 0 Å². The lowest BCUT2D eigenvalue weighted by Gasteiger charge is -2.37. The van der Waals surface area contributed by atoms with Gasteiger partial charge in [0.1, 0.15) is 22.4 Å². The second kappa shape index (κ2) is 10.7. The van der Waals surface area contributed by atoms with Crippen LogP contribution >= 0.6 is 0 Å². The molecule has 3 rings (SSSR count). The molecule has 0 aromatic heterocycles. The topological polar surface area (TPSA) is 90.3 Å². The van der Waals surface area contributed by atoms with Crippen LogP contribution in [-0.4, -0.2) is 78.9 Å². The number of likely N-dealkylation sites (N-methyl/N-ethyl adjacent to an activating group) is 1. The molecule has 1 aromatic rings. The SMILES string of the molecule is CCCN(C)C[C@@H]1Oc2cc(C#CC3(O)CCCC3)ccc2S(=O)(=O)N([C@@H](C)CO)C[C@@H]1C. The standard InChI is InChI=1S/C25H38N2O5S/c1-5-14-26(4)17-23-19(2)16-27(20(3)18-28)33(30,31)24-9-8-21(15-22(24)32-23)10-13-25(29)11-6-7-12-25/h8-9,15,19-20,23,28-29H,5-7,11-12,14,16-18H2,1-4H3/t19-,20-,23-/m0/s1. The summed E-state index contributed by atoms with van der Waals surface area (Å²) in [6.45, 7) is 7.40. The average molecular weight is 479 g/mol. The normalized spacial score (nSPS) is 25.3. The molecule has 1 aliphatic heterocycles. The molecule has 0 amide bonds. The minimum atomic E-state index is -3.87. The molecule has 33 heavy (non-hydrogen) atoms. The van der Waals surface area contributed by atoms with E-state index >= 15 is 0 Å². The summed E-state index contributed by atoms with van der Waals surface area (Å²) >= 11 is 0. The van der Waals surface area contributed by atoms with Gasteiger partial charge in [0.15, 0.2) is 0 Å². The van der Waals surface area contributed by atoms with Gasteiger partial charge in [-0.3, -0.25) is 0 Å². The Morgan fingerprint density at radius 3 is 2.67 bits per heavy atom. The second-order valence-electron chi connectivity index (χ2n) is 9.65. The Hall–Kier alpha value is -1.63. The summed E-state index contributed by atoms with van der Waals surface area (Å²) in [6.07, 6.45) is 4.02. The van der Waals surface area contributed by atoms with Gasteiger partial charge >= 0.3 is 0 Å². The molecule has 1 heterocycles. The van der Waals surface area contributed by atoms with Crippen LogP contribution in [0.4, 0.5) is 0 Å². The molecule has 7 nitrogen and oxygen atoms in total. The van der Waals surface area contributed by atoms with Crippen LogP contribution in [0.3, 0.4) is 0 Å². The predicted molar refractivity (Wildman–Crippen MR) is 129 cm³/mol. The van der Waals surface area contributed by atoms with E-state index < -0.39 is 21.7 Å². The van der Waals surface area contributed by atoms with Crippen molar-refractivity contribution in [1.29, 1.82) is 0 Å².